The molecule has 3 heterocycles. The van der Waals surface area contributed by atoms with Gasteiger partial charge in [0.25, 0.3) is 0 Å². The quantitative estimate of drug-likeness (QED) is 0.134. The fourth-order valence-electron chi connectivity index (χ4n) is 7.45. The van der Waals surface area contributed by atoms with Gasteiger partial charge in [-0.2, -0.15) is 0 Å². The van der Waals surface area contributed by atoms with Gasteiger partial charge in [0, 0.05) is 31.8 Å². The van der Waals surface area contributed by atoms with E-state index in [1.165, 1.54) is 27.7 Å². The molecular weight excluding hydrogens is 649 g/mol. The van der Waals surface area contributed by atoms with E-state index in [2.05, 4.69) is 95.6 Å². The molecule has 0 bridgehead atoms. The Hall–Kier alpha value is -6.70. The Morgan fingerprint density at radius 3 is 2.04 bits per heavy atom. The van der Waals surface area contributed by atoms with Gasteiger partial charge in [-0.25, -0.2) is 9.97 Å². The summed E-state index contributed by atoms with van der Waals surface area (Å²) in [5, 5.41) is 18.8. The molecule has 0 unspecified atom stereocenters. The maximum absolute atomic E-state index is 12.3. The van der Waals surface area contributed by atoms with Crippen LogP contribution in [0.4, 0.5) is 5.00 Å². The number of nitrogens with zero attached hydrogens (tertiary/aromatic N) is 4. The molecule has 0 N–H and O–H groups in total. The van der Waals surface area contributed by atoms with Crippen LogP contribution in [-0.2, 0) is 0 Å². The summed E-state index contributed by atoms with van der Waals surface area (Å²) in [5.74, 6) is 0.537. The molecule has 7 heteroatoms. The number of thiophene rings is 1. The third-order valence-electron chi connectivity index (χ3n) is 9.76. The van der Waals surface area contributed by atoms with Crippen LogP contribution in [0.15, 0.2) is 158 Å². The molecular formula is C44H26N4O2S. The standard InChI is InChI=1S/C44H26N4O2S/c49-48(50)43-41(36-15-5-8-19-40(36)51-43)30-24-25-34-33-13-4-7-18-38(33)47(39(34)26-30)44-45-37-17-6-3-14-35(37)42(46-44)29-22-20-28(21-23-29)32-16-9-11-27-10-1-2-12-31(27)32/h1-26H. The van der Waals surface area contributed by atoms with E-state index in [0.29, 0.717) is 11.5 Å². The van der Waals surface area contributed by atoms with Gasteiger partial charge >= 0.3 is 5.00 Å². The Bertz CT molecular complexity index is 3010. The summed E-state index contributed by atoms with van der Waals surface area (Å²) in [6, 6.07) is 53.6. The largest absolute Gasteiger partial charge is 0.333 e. The van der Waals surface area contributed by atoms with E-state index in [-0.39, 0.29) is 9.92 Å². The molecule has 0 aliphatic carbocycles. The molecule has 6 nitrogen and oxygen atoms in total. The van der Waals surface area contributed by atoms with Crippen molar-refractivity contribution in [2.24, 2.45) is 0 Å². The average molecular weight is 675 g/mol. The number of nitro groups is 1. The Morgan fingerprint density at radius 2 is 1.20 bits per heavy atom. The highest BCUT2D eigenvalue weighted by Crippen LogP contribution is 2.45. The van der Waals surface area contributed by atoms with Gasteiger partial charge in [0.1, 0.15) is 0 Å². The molecule has 0 spiro atoms. The van der Waals surface area contributed by atoms with Gasteiger partial charge in [0.05, 0.1) is 32.7 Å². The third-order valence-corrected chi connectivity index (χ3v) is 10.9. The Balaban J connectivity index is 1.19. The van der Waals surface area contributed by atoms with Crippen molar-refractivity contribution in [1.29, 1.82) is 0 Å². The first-order valence-electron chi connectivity index (χ1n) is 16.7. The van der Waals surface area contributed by atoms with Crippen LogP contribution in [0.2, 0.25) is 0 Å². The second kappa shape index (κ2) is 11.4. The predicted molar refractivity (Wildman–Crippen MR) is 210 cm³/mol. The van der Waals surface area contributed by atoms with Crippen LogP contribution < -0.4 is 0 Å². The Kier molecular flexibility index (Phi) is 6.56. The highest BCUT2D eigenvalue weighted by atomic mass is 32.1. The van der Waals surface area contributed by atoms with E-state index in [1.54, 1.807) is 0 Å². The Morgan fingerprint density at radius 1 is 0.549 bits per heavy atom. The van der Waals surface area contributed by atoms with E-state index in [9.17, 15) is 10.1 Å². The third kappa shape index (κ3) is 4.63. The molecule has 0 amide bonds. The molecule has 0 radical (unpaired) electrons. The van der Waals surface area contributed by atoms with E-state index in [4.69, 9.17) is 9.97 Å². The van der Waals surface area contributed by atoms with Crippen molar-refractivity contribution in [3.8, 4) is 39.5 Å². The number of hydrogen-bond donors (Lipinski definition) is 0. The molecule has 10 rings (SSSR count). The lowest BCUT2D eigenvalue weighted by Crippen LogP contribution is -2.03. The van der Waals surface area contributed by atoms with Crippen molar-refractivity contribution in [3.63, 3.8) is 0 Å². The normalized spacial score (nSPS) is 11.7. The lowest BCUT2D eigenvalue weighted by molar-refractivity contribution is -0.379. The van der Waals surface area contributed by atoms with E-state index >= 15 is 0 Å². The summed E-state index contributed by atoms with van der Waals surface area (Å²) in [5.41, 5.74) is 8.23. The summed E-state index contributed by atoms with van der Waals surface area (Å²) >= 11 is 1.21. The zero-order chi connectivity index (χ0) is 34.1. The van der Waals surface area contributed by atoms with Crippen LogP contribution in [0.5, 0.6) is 0 Å². The van der Waals surface area contributed by atoms with Gasteiger partial charge in [-0.15, -0.1) is 0 Å². The number of aromatic nitrogens is 3. The molecule has 0 fully saturated rings. The molecule has 10 aromatic rings. The highest BCUT2D eigenvalue weighted by Gasteiger charge is 2.24. The molecule has 51 heavy (non-hydrogen) atoms. The zero-order valence-corrected chi connectivity index (χ0v) is 27.8. The van der Waals surface area contributed by atoms with E-state index < -0.39 is 0 Å². The Labute approximate surface area is 295 Å². The molecule has 0 atom stereocenters. The predicted octanol–water partition coefficient (Wildman–Crippen LogP) is 12.0. The minimum absolute atomic E-state index is 0.134. The number of hydrogen-bond acceptors (Lipinski definition) is 5. The molecule has 3 aromatic heterocycles. The second-order valence-corrected chi connectivity index (χ2v) is 13.6. The maximum Gasteiger partial charge on any atom is 0.333 e. The summed E-state index contributed by atoms with van der Waals surface area (Å²) in [6.45, 7) is 0. The van der Waals surface area contributed by atoms with Crippen LogP contribution in [0.1, 0.15) is 0 Å². The van der Waals surface area contributed by atoms with E-state index in [1.807, 2.05) is 66.7 Å². The molecule has 0 saturated carbocycles. The van der Waals surface area contributed by atoms with Crippen LogP contribution >= 0.6 is 11.3 Å². The fraction of sp³-hybridized carbons (Fsp3) is 0. The van der Waals surface area contributed by atoms with Crippen molar-refractivity contribution in [1.82, 2.24) is 14.5 Å². The first-order valence-corrected chi connectivity index (χ1v) is 17.5. The first-order chi connectivity index (χ1) is 25.1. The van der Waals surface area contributed by atoms with Gasteiger partial charge in [0.2, 0.25) is 5.95 Å². The first kappa shape index (κ1) is 29.2. The molecule has 0 aliphatic heterocycles. The minimum Gasteiger partial charge on any atom is -0.278 e. The van der Waals surface area contributed by atoms with Crippen molar-refractivity contribution in [2.45, 2.75) is 0 Å². The highest BCUT2D eigenvalue weighted by molar-refractivity contribution is 7.22. The molecule has 7 aromatic carbocycles. The summed E-state index contributed by atoms with van der Waals surface area (Å²) < 4.78 is 2.98. The molecule has 0 saturated heterocycles. The number of para-hydroxylation sites is 2. The minimum atomic E-state index is -0.274. The van der Waals surface area contributed by atoms with Crippen LogP contribution in [-0.4, -0.2) is 19.5 Å². The van der Waals surface area contributed by atoms with Gasteiger partial charge in [-0.1, -0.05) is 145 Å². The van der Waals surface area contributed by atoms with Crippen LogP contribution in [0.25, 0.3) is 93.0 Å². The van der Waals surface area contributed by atoms with Gasteiger partial charge in [-0.05, 0) is 51.7 Å². The van der Waals surface area contributed by atoms with Crippen molar-refractivity contribution >= 4 is 69.9 Å². The number of rotatable bonds is 5. The summed E-state index contributed by atoms with van der Waals surface area (Å²) in [6.07, 6.45) is 0. The summed E-state index contributed by atoms with van der Waals surface area (Å²) in [4.78, 5) is 22.5. The van der Waals surface area contributed by atoms with E-state index in [0.717, 1.165) is 65.2 Å². The number of fused-ring (bicyclic) bond motifs is 6. The maximum atomic E-state index is 12.3. The van der Waals surface area contributed by atoms with Crippen LogP contribution in [0, 0.1) is 10.1 Å². The van der Waals surface area contributed by atoms with Crippen molar-refractivity contribution < 1.29 is 4.92 Å². The topological polar surface area (TPSA) is 73.8 Å². The molecule has 240 valence electrons. The van der Waals surface area contributed by atoms with Gasteiger partial charge in [0.15, 0.2) is 0 Å². The smallest absolute Gasteiger partial charge is 0.278 e. The van der Waals surface area contributed by atoms with Gasteiger partial charge in [-0.3, -0.25) is 14.7 Å². The molecule has 0 aliphatic rings. The monoisotopic (exact) mass is 674 g/mol. The lowest BCUT2D eigenvalue weighted by Gasteiger charge is -2.13. The van der Waals surface area contributed by atoms with Gasteiger partial charge < -0.3 is 0 Å². The number of benzene rings is 7. The SMILES string of the molecule is O=[N+]([O-])c1sc2ccccc2c1-c1ccc2c3ccccc3n(-c3nc(-c4ccc(-c5cccc6ccccc56)cc4)c4ccccc4n3)c2c1. The zero-order valence-electron chi connectivity index (χ0n) is 27.0. The van der Waals surface area contributed by atoms with Crippen molar-refractivity contribution in [2.75, 3.05) is 0 Å². The summed E-state index contributed by atoms with van der Waals surface area (Å²) in [7, 11) is 0. The lowest BCUT2D eigenvalue weighted by atomic mass is 9.96. The second-order valence-electron chi connectivity index (χ2n) is 12.6. The van der Waals surface area contributed by atoms with Crippen molar-refractivity contribution in [3.05, 3.63) is 168 Å². The fourth-order valence-corrected chi connectivity index (χ4v) is 8.49. The average Bonchev–Trinajstić information content (AvgIpc) is 3.74. The van der Waals surface area contributed by atoms with Crippen LogP contribution in [0.3, 0.4) is 0 Å².